The van der Waals surface area contributed by atoms with Crippen molar-refractivity contribution in [1.82, 2.24) is 15.0 Å². The largest absolute Gasteiger partial charge is 0.416 e. The van der Waals surface area contributed by atoms with E-state index in [4.69, 9.17) is 0 Å². The summed E-state index contributed by atoms with van der Waals surface area (Å²) in [6.45, 7) is 1.70. The Balaban J connectivity index is 2.15. The van der Waals surface area contributed by atoms with Crippen LogP contribution in [0.1, 0.15) is 16.7 Å². The molecule has 3 aromatic rings. The Morgan fingerprint density at radius 2 is 1.92 bits per heavy atom. The zero-order chi connectivity index (χ0) is 18.9. The first kappa shape index (κ1) is 17.5. The van der Waals surface area contributed by atoms with E-state index >= 15 is 0 Å². The van der Waals surface area contributed by atoms with Crippen molar-refractivity contribution in [3.8, 4) is 28.7 Å². The molecule has 0 amide bonds. The van der Waals surface area contributed by atoms with Gasteiger partial charge in [0.05, 0.1) is 28.2 Å². The molecule has 132 valence electrons. The van der Waals surface area contributed by atoms with Crippen molar-refractivity contribution >= 4 is 5.82 Å². The number of hydrogen-bond donors (Lipinski definition) is 2. The fraction of sp³-hybridized carbons (Fsp3) is 0.167. The first-order valence-electron chi connectivity index (χ1n) is 7.65. The third-order valence-corrected chi connectivity index (χ3v) is 3.97. The Labute approximate surface area is 147 Å². The number of aromatic amines is 1. The molecule has 26 heavy (non-hydrogen) atoms. The molecule has 0 atom stereocenters. The maximum Gasteiger partial charge on any atom is 0.416 e. The normalized spacial score (nSPS) is 11.2. The molecule has 0 unspecified atom stereocenters. The summed E-state index contributed by atoms with van der Waals surface area (Å²) in [5.41, 5.74) is 1.80. The second kappa shape index (κ2) is 6.52. The summed E-state index contributed by atoms with van der Waals surface area (Å²) in [6.07, 6.45) is -3.09. The molecular formula is C18H14F3N5. The molecule has 0 aliphatic carbocycles. The molecule has 3 rings (SSSR count). The summed E-state index contributed by atoms with van der Waals surface area (Å²) < 4.78 is 39.2. The van der Waals surface area contributed by atoms with E-state index in [2.05, 4.69) is 20.3 Å². The number of H-pyrrole nitrogens is 1. The maximum absolute atomic E-state index is 13.1. The number of aromatic nitrogens is 3. The minimum Gasteiger partial charge on any atom is -0.373 e. The number of halogens is 3. The maximum atomic E-state index is 13.1. The SMILES string of the molecule is CNc1cc(-c2cc(C#N)c(-c3cc(C(F)(F)F)ccc3C)[nH]2)ncn1. The van der Waals surface area contributed by atoms with E-state index < -0.39 is 11.7 Å². The molecule has 0 saturated heterocycles. The fourth-order valence-corrected chi connectivity index (χ4v) is 2.60. The van der Waals surface area contributed by atoms with E-state index in [1.165, 1.54) is 12.4 Å². The number of hydrogen-bond acceptors (Lipinski definition) is 4. The van der Waals surface area contributed by atoms with Crippen LogP contribution in [0.5, 0.6) is 0 Å². The summed E-state index contributed by atoms with van der Waals surface area (Å²) in [6, 6.07) is 8.73. The molecule has 0 fully saturated rings. The molecule has 0 aliphatic rings. The lowest BCUT2D eigenvalue weighted by Gasteiger charge is -2.11. The average molecular weight is 357 g/mol. The number of nitrogens with one attached hydrogen (secondary N) is 2. The van der Waals surface area contributed by atoms with Crippen LogP contribution in [0, 0.1) is 18.3 Å². The molecule has 0 spiro atoms. The van der Waals surface area contributed by atoms with Crippen LogP contribution in [0.2, 0.25) is 0 Å². The fourth-order valence-electron chi connectivity index (χ4n) is 2.60. The Morgan fingerprint density at radius 1 is 1.15 bits per heavy atom. The van der Waals surface area contributed by atoms with E-state index in [-0.39, 0.29) is 5.56 Å². The van der Waals surface area contributed by atoms with Crippen LogP contribution < -0.4 is 5.32 Å². The molecule has 5 nitrogen and oxygen atoms in total. The van der Waals surface area contributed by atoms with Gasteiger partial charge in [-0.05, 0) is 30.7 Å². The van der Waals surface area contributed by atoms with Gasteiger partial charge < -0.3 is 10.3 Å². The molecule has 0 aliphatic heterocycles. The summed E-state index contributed by atoms with van der Waals surface area (Å²) in [5, 5.41) is 12.3. The first-order chi connectivity index (χ1) is 12.3. The van der Waals surface area contributed by atoms with Gasteiger partial charge in [0.15, 0.2) is 0 Å². The molecule has 0 bridgehead atoms. The van der Waals surface area contributed by atoms with Crippen LogP contribution in [-0.4, -0.2) is 22.0 Å². The number of anilines is 1. The lowest BCUT2D eigenvalue weighted by atomic mass is 10.00. The van der Waals surface area contributed by atoms with Gasteiger partial charge in [0.25, 0.3) is 0 Å². The second-order valence-corrected chi connectivity index (χ2v) is 5.65. The number of rotatable bonds is 3. The van der Waals surface area contributed by atoms with E-state index in [1.807, 2.05) is 6.07 Å². The van der Waals surface area contributed by atoms with Crippen LogP contribution in [0.4, 0.5) is 19.0 Å². The van der Waals surface area contributed by atoms with E-state index in [1.54, 1.807) is 26.1 Å². The van der Waals surface area contributed by atoms with Crippen molar-refractivity contribution < 1.29 is 13.2 Å². The van der Waals surface area contributed by atoms with E-state index in [9.17, 15) is 18.4 Å². The highest BCUT2D eigenvalue weighted by Crippen LogP contribution is 2.35. The predicted molar refractivity (Wildman–Crippen MR) is 91.3 cm³/mol. The van der Waals surface area contributed by atoms with Crippen molar-refractivity contribution in [1.29, 1.82) is 5.26 Å². The van der Waals surface area contributed by atoms with Gasteiger partial charge in [0.1, 0.15) is 18.2 Å². The van der Waals surface area contributed by atoms with E-state index in [0.29, 0.717) is 34.0 Å². The highest BCUT2D eigenvalue weighted by Gasteiger charge is 2.31. The van der Waals surface area contributed by atoms with E-state index in [0.717, 1.165) is 12.1 Å². The van der Waals surface area contributed by atoms with Crippen molar-refractivity contribution in [2.24, 2.45) is 0 Å². The highest BCUT2D eigenvalue weighted by molar-refractivity contribution is 5.76. The first-order valence-corrected chi connectivity index (χ1v) is 7.65. The van der Waals surface area contributed by atoms with Gasteiger partial charge in [-0.2, -0.15) is 18.4 Å². The summed E-state index contributed by atoms with van der Waals surface area (Å²) >= 11 is 0. The Morgan fingerprint density at radius 3 is 2.58 bits per heavy atom. The van der Waals surface area contributed by atoms with Crippen LogP contribution >= 0.6 is 0 Å². The highest BCUT2D eigenvalue weighted by atomic mass is 19.4. The third kappa shape index (κ3) is 3.24. The Bertz CT molecular complexity index is 999. The number of nitrogens with zero attached hydrogens (tertiary/aromatic N) is 3. The van der Waals surface area contributed by atoms with Crippen molar-refractivity contribution in [3.05, 3.63) is 53.3 Å². The molecule has 2 heterocycles. The molecule has 1 aromatic carbocycles. The van der Waals surface area contributed by atoms with Crippen molar-refractivity contribution in [2.45, 2.75) is 13.1 Å². The predicted octanol–water partition coefficient (Wildman–Crippen LogP) is 4.38. The number of aryl methyl sites for hydroxylation is 1. The van der Waals surface area contributed by atoms with Crippen LogP contribution in [0.3, 0.4) is 0 Å². The zero-order valence-corrected chi connectivity index (χ0v) is 13.9. The minimum absolute atomic E-state index is 0.243. The van der Waals surface area contributed by atoms with Crippen LogP contribution in [0.25, 0.3) is 22.6 Å². The number of benzene rings is 1. The van der Waals surface area contributed by atoms with Crippen molar-refractivity contribution in [3.63, 3.8) is 0 Å². The number of alkyl halides is 3. The van der Waals surface area contributed by atoms with Gasteiger partial charge in [0.2, 0.25) is 0 Å². The zero-order valence-electron chi connectivity index (χ0n) is 13.9. The van der Waals surface area contributed by atoms with Gasteiger partial charge in [0, 0.05) is 18.7 Å². The molecule has 0 radical (unpaired) electrons. The molecule has 8 heteroatoms. The third-order valence-electron chi connectivity index (χ3n) is 3.97. The molecule has 2 N–H and O–H groups in total. The minimum atomic E-state index is -4.46. The monoisotopic (exact) mass is 357 g/mol. The summed E-state index contributed by atoms with van der Waals surface area (Å²) in [4.78, 5) is 11.2. The summed E-state index contributed by atoms with van der Waals surface area (Å²) in [5.74, 6) is 0.583. The van der Waals surface area contributed by atoms with Gasteiger partial charge in [-0.3, -0.25) is 0 Å². The molecule has 0 saturated carbocycles. The van der Waals surface area contributed by atoms with Gasteiger partial charge >= 0.3 is 6.18 Å². The smallest absolute Gasteiger partial charge is 0.373 e. The Hall–Kier alpha value is -3.34. The lowest BCUT2D eigenvalue weighted by Crippen LogP contribution is -2.05. The van der Waals surface area contributed by atoms with Crippen molar-refractivity contribution in [2.75, 3.05) is 12.4 Å². The van der Waals surface area contributed by atoms with Crippen LogP contribution in [-0.2, 0) is 6.18 Å². The average Bonchev–Trinajstić information content (AvgIpc) is 3.05. The van der Waals surface area contributed by atoms with Gasteiger partial charge in [-0.1, -0.05) is 6.07 Å². The second-order valence-electron chi connectivity index (χ2n) is 5.65. The van der Waals surface area contributed by atoms with Crippen LogP contribution in [0.15, 0.2) is 36.7 Å². The quantitative estimate of drug-likeness (QED) is 0.729. The Kier molecular flexibility index (Phi) is 4.38. The molecule has 2 aromatic heterocycles. The lowest BCUT2D eigenvalue weighted by molar-refractivity contribution is -0.137. The summed E-state index contributed by atoms with van der Waals surface area (Å²) in [7, 11) is 1.71. The standard InChI is InChI=1S/C18H14F3N5/c1-10-3-4-12(18(19,20)21)6-13(10)17-11(8-22)5-15(26-17)14-7-16(23-2)25-9-24-14/h3-7,9,26H,1-2H3,(H,23,24,25). The van der Waals surface area contributed by atoms with Gasteiger partial charge in [-0.25, -0.2) is 9.97 Å². The topological polar surface area (TPSA) is 77.4 Å². The number of nitriles is 1. The molecular weight excluding hydrogens is 343 g/mol. The van der Waals surface area contributed by atoms with Gasteiger partial charge in [-0.15, -0.1) is 0 Å².